The van der Waals surface area contributed by atoms with Crippen molar-refractivity contribution in [3.8, 4) is 10.7 Å². The molecular formula is C21H22N4O4S2. The quantitative estimate of drug-likeness (QED) is 0.279. The van der Waals surface area contributed by atoms with E-state index in [4.69, 9.17) is 4.74 Å². The van der Waals surface area contributed by atoms with Gasteiger partial charge in [0.05, 0.1) is 10.6 Å². The molecule has 0 spiro atoms. The number of anilines is 1. The van der Waals surface area contributed by atoms with Crippen LogP contribution in [0.25, 0.3) is 10.7 Å². The largest absolute Gasteiger partial charge is 0.457 e. The molecule has 2 aromatic heterocycles. The van der Waals surface area contributed by atoms with Crippen molar-refractivity contribution in [2.24, 2.45) is 0 Å². The average Bonchev–Trinajstić information content (AvgIpc) is 3.45. The molecule has 0 radical (unpaired) electrons. The highest BCUT2D eigenvalue weighted by atomic mass is 32.2. The average molecular weight is 459 g/mol. The Labute approximate surface area is 188 Å². The van der Waals surface area contributed by atoms with Gasteiger partial charge in [-0.1, -0.05) is 24.8 Å². The van der Waals surface area contributed by atoms with Crippen molar-refractivity contribution in [1.29, 1.82) is 0 Å². The molecule has 3 aromatic rings. The first kappa shape index (κ1) is 22.7. The van der Waals surface area contributed by atoms with Gasteiger partial charge < -0.3 is 14.6 Å². The van der Waals surface area contributed by atoms with Crippen LogP contribution in [0.2, 0.25) is 0 Å². The van der Waals surface area contributed by atoms with Gasteiger partial charge in [-0.2, -0.15) is 0 Å². The molecule has 162 valence electrons. The number of thiophene rings is 1. The van der Waals surface area contributed by atoms with Gasteiger partial charge in [0.1, 0.15) is 0 Å². The number of Topliss-reactive ketones (excluding diaryl/α,β-unsaturated/α-hetero) is 1. The molecule has 3 rings (SSSR count). The van der Waals surface area contributed by atoms with E-state index in [9.17, 15) is 14.4 Å². The molecule has 0 aliphatic carbocycles. The summed E-state index contributed by atoms with van der Waals surface area (Å²) in [7, 11) is 0. The smallest absolute Gasteiger partial charge is 0.316 e. The van der Waals surface area contributed by atoms with Gasteiger partial charge in [-0.05, 0) is 42.6 Å². The lowest BCUT2D eigenvalue weighted by Crippen LogP contribution is -2.16. The zero-order valence-corrected chi connectivity index (χ0v) is 18.8. The highest BCUT2D eigenvalue weighted by Gasteiger charge is 2.16. The fraction of sp³-hybridized carbons (Fsp3) is 0.286. The van der Waals surface area contributed by atoms with Crippen LogP contribution in [0.4, 0.5) is 5.69 Å². The minimum absolute atomic E-state index is 0.0256. The van der Waals surface area contributed by atoms with Crippen molar-refractivity contribution in [2.75, 3.05) is 17.7 Å². The zero-order chi connectivity index (χ0) is 22.2. The fourth-order valence-electron chi connectivity index (χ4n) is 2.65. The molecule has 1 N–H and O–H groups in total. The number of carbonyl (C=O) groups excluding carboxylic acids is 3. The van der Waals surface area contributed by atoms with E-state index >= 15 is 0 Å². The fourth-order valence-corrected chi connectivity index (χ4v) is 4.17. The van der Waals surface area contributed by atoms with Crippen LogP contribution in [0.1, 0.15) is 30.6 Å². The Morgan fingerprint density at radius 2 is 1.90 bits per heavy atom. The molecule has 31 heavy (non-hydrogen) atoms. The maximum Gasteiger partial charge on any atom is 0.316 e. The van der Waals surface area contributed by atoms with Crippen LogP contribution < -0.4 is 5.32 Å². The van der Waals surface area contributed by atoms with Crippen molar-refractivity contribution in [2.45, 2.75) is 32.0 Å². The molecule has 0 aliphatic heterocycles. The number of hydrogen-bond acceptors (Lipinski definition) is 8. The Kier molecular flexibility index (Phi) is 7.96. The summed E-state index contributed by atoms with van der Waals surface area (Å²) in [5.74, 6) is -0.136. The second-order valence-corrected chi connectivity index (χ2v) is 8.27. The Morgan fingerprint density at radius 3 is 2.55 bits per heavy atom. The lowest BCUT2D eigenvalue weighted by Gasteiger charge is -2.07. The standard InChI is InChI=1S/C21H22N4O4S2/c1-3-18(27)22-15-9-7-14(8-10-15)16(26)12-29-19(28)13-31-21-24-23-20(25(21)4-2)17-6-5-11-30-17/h5-11H,3-4,12-13H2,1-2H3,(H,22,27). The van der Waals surface area contributed by atoms with Crippen molar-refractivity contribution in [1.82, 2.24) is 14.8 Å². The van der Waals surface area contributed by atoms with E-state index in [0.717, 1.165) is 10.7 Å². The molecule has 0 atom stereocenters. The molecule has 2 heterocycles. The van der Waals surface area contributed by atoms with Crippen molar-refractivity contribution in [3.63, 3.8) is 0 Å². The number of ketones is 1. The number of aromatic nitrogens is 3. The number of benzene rings is 1. The number of nitrogens with zero attached hydrogens (tertiary/aromatic N) is 3. The van der Waals surface area contributed by atoms with E-state index in [0.29, 0.717) is 29.4 Å². The summed E-state index contributed by atoms with van der Waals surface area (Å²) in [4.78, 5) is 36.8. The van der Waals surface area contributed by atoms with Crippen LogP contribution in [0.5, 0.6) is 0 Å². The Morgan fingerprint density at radius 1 is 1.13 bits per heavy atom. The van der Waals surface area contributed by atoms with Gasteiger partial charge in [0.2, 0.25) is 5.91 Å². The summed E-state index contributed by atoms with van der Waals surface area (Å²) in [6.07, 6.45) is 0.374. The van der Waals surface area contributed by atoms with Crippen LogP contribution >= 0.6 is 23.1 Å². The molecule has 0 fully saturated rings. The molecule has 10 heteroatoms. The Bertz CT molecular complexity index is 1050. The normalized spacial score (nSPS) is 10.6. The van der Waals surface area contributed by atoms with Gasteiger partial charge in [0.15, 0.2) is 23.4 Å². The first-order chi connectivity index (χ1) is 15.0. The van der Waals surface area contributed by atoms with E-state index < -0.39 is 5.97 Å². The van der Waals surface area contributed by atoms with Crippen LogP contribution in [-0.4, -0.2) is 44.8 Å². The van der Waals surface area contributed by atoms with E-state index in [1.54, 1.807) is 42.5 Å². The third kappa shape index (κ3) is 6.02. The number of hydrogen-bond donors (Lipinski definition) is 1. The molecular weight excluding hydrogens is 436 g/mol. The van der Waals surface area contributed by atoms with Gasteiger partial charge in [-0.25, -0.2) is 0 Å². The molecule has 0 unspecified atom stereocenters. The molecule has 0 saturated heterocycles. The second-order valence-electron chi connectivity index (χ2n) is 6.38. The molecule has 8 nitrogen and oxygen atoms in total. The Hall–Kier alpha value is -2.98. The first-order valence-electron chi connectivity index (χ1n) is 9.70. The molecule has 1 aromatic carbocycles. The highest BCUT2D eigenvalue weighted by Crippen LogP contribution is 2.27. The minimum atomic E-state index is -0.506. The van der Waals surface area contributed by atoms with Crippen LogP contribution in [0.3, 0.4) is 0 Å². The predicted octanol–water partition coefficient (Wildman–Crippen LogP) is 3.89. The van der Waals surface area contributed by atoms with Gasteiger partial charge in [0.25, 0.3) is 0 Å². The van der Waals surface area contributed by atoms with Crippen LogP contribution in [0, 0.1) is 0 Å². The topological polar surface area (TPSA) is 103 Å². The lowest BCUT2D eigenvalue weighted by molar-refractivity contribution is -0.139. The number of thioether (sulfide) groups is 1. The first-order valence-corrected chi connectivity index (χ1v) is 11.6. The van der Waals surface area contributed by atoms with Crippen molar-refractivity contribution in [3.05, 3.63) is 47.3 Å². The number of nitrogens with one attached hydrogen (secondary N) is 1. The molecule has 0 bridgehead atoms. The van der Waals surface area contributed by atoms with E-state index in [-0.39, 0.29) is 24.1 Å². The number of amides is 1. The van der Waals surface area contributed by atoms with Gasteiger partial charge in [-0.3, -0.25) is 14.4 Å². The van der Waals surface area contributed by atoms with E-state index in [2.05, 4.69) is 15.5 Å². The van der Waals surface area contributed by atoms with E-state index in [1.807, 2.05) is 29.0 Å². The van der Waals surface area contributed by atoms with Gasteiger partial charge >= 0.3 is 5.97 Å². The number of rotatable bonds is 10. The SMILES string of the molecule is CCC(=O)Nc1ccc(C(=O)COC(=O)CSc2nnc(-c3cccs3)n2CC)cc1. The predicted molar refractivity (Wildman–Crippen MR) is 120 cm³/mol. The highest BCUT2D eigenvalue weighted by molar-refractivity contribution is 7.99. The van der Waals surface area contributed by atoms with E-state index in [1.165, 1.54) is 11.8 Å². The van der Waals surface area contributed by atoms with Crippen molar-refractivity contribution >= 4 is 46.4 Å². The molecule has 1 amide bonds. The number of carbonyl (C=O) groups is 3. The third-order valence-corrected chi connectivity index (χ3v) is 6.08. The Balaban J connectivity index is 1.49. The van der Waals surface area contributed by atoms with Gasteiger partial charge in [0, 0.05) is 24.2 Å². The van der Waals surface area contributed by atoms with Crippen LogP contribution in [-0.2, 0) is 20.9 Å². The zero-order valence-electron chi connectivity index (χ0n) is 17.2. The van der Waals surface area contributed by atoms with Crippen LogP contribution in [0.15, 0.2) is 46.9 Å². The number of esters is 1. The van der Waals surface area contributed by atoms with Gasteiger partial charge in [-0.15, -0.1) is 21.5 Å². The molecule has 0 saturated carbocycles. The third-order valence-electron chi connectivity index (χ3n) is 4.27. The second kappa shape index (κ2) is 10.9. The number of ether oxygens (including phenoxy) is 1. The lowest BCUT2D eigenvalue weighted by atomic mass is 10.1. The minimum Gasteiger partial charge on any atom is -0.457 e. The maximum atomic E-state index is 12.3. The monoisotopic (exact) mass is 458 g/mol. The summed E-state index contributed by atoms with van der Waals surface area (Å²) in [6, 6.07) is 10.4. The summed E-state index contributed by atoms with van der Waals surface area (Å²) in [6.45, 7) is 4.07. The summed E-state index contributed by atoms with van der Waals surface area (Å²) < 4.78 is 7.05. The summed E-state index contributed by atoms with van der Waals surface area (Å²) >= 11 is 2.80. The van der Waals surface area contributed by atoms with Crippen molar-refractivity contribution < 1.29 is 19.1 Å². The summed E-state index contributed by atoms with van der Waals surface area (Å²) in [5, 5.41) is 13.7. The maximum absolute atomic E-state index is 12.3. The molecule has 0 aliphatic rings. The summed E-state index contributed by atoms with van der Waals surface area (Å²) in [5.41, 5.74) is 1.01.